The molecule has 2 unspecified atom stereocenters. The number of hydrogen-bond donors (Lipinski definition) is 1. The lowest BCUT2D eigenvalue weighted by Gasteiger charge is -2.52. The van der Waals surface area contributed by atoms with Gasteiger partial charge in [-0.15, -0.1) is 0 Å². The minimum absolute atomic E-state index is 0.0785. The van der Waals surface area contributed by atoms with Crippen LogP contribution in [0.15, 0.2) is 0 Å². The lowest BCUT2D eigenvalue weighted by Crippen LogP contribution is -2.65. The Morgan fingerprint density at radius 2 is 1.90 bits per heavy atom. The Morgan fingerprint density at radius 1 is 1.15 bits per heavy atom. The van der Waals surface area contributed by atoms with E-state index >= 15 is 0 Å². The maximum absolute atomic E-state index is 5.96. The molecule has 3 aliphatic rings. The molecule has 3 rings (SSSR count). The van der Waals surface area contributed by atoms with E-state index in [1.165, 1.54) is 0 Å². The molecular weight excluding hydrogens is 256 g/mol. The van der Waals surface area contributed by atoms with Gasteiger partial charge in [0, 0.05) is 37.0 Å². The SMILES string of the molecule is CNC1CCC2(CC1N1CCOCC1(C)C)OCCO2. The molecule has 20 heavy (non-hydrogen) atoms. The van der Waals surface area contributed by atoms with Crippen molar-refractivity contribution in [3.05, 3.63) is 0 Å². The van der Waals surface area contributed by atoms with Crippen molar-refractivity contribution in [2.24, 2.45) is 0 Å². The van der Waals surface area contributed by atoms with Crippen LogP contribution in [0, 0.1) is 0 Å². The smallest absolute Gasteiger partial charge is 0.170 e. The molecule has 1 spiro atoms. The molecule has 0 amide bonds. The summed E-state index contributed by atoms with van der Waals surface area (Å²) in [6.45, 7) is 8.64. The van der Waals surface area contributed by atoms with Crippen LogP contribution in [-0.2, 0) is 14.2 Å². The summed E-state index contributed by atoms with van der Waals surface area (Å²) >= 11 is 0. The Hall–Kier alpha value is -0.200. The van der Waals surface area contributed by atoms with E-state index in [1.54, 1.807) is 0 Å². The number of nitrogens with zero attached hydrogens (tertiary/aromatic N) is 1. The van der Waals surface area contributed by atoms with Crippen LogP contribution in [-0.4, -0.2) is 68.3 Å². The number of rotatable bonds is 2. The summed E-state index contributed by atoms with van der Waals surface area (Å²) in [5.41, 5.74) is 0.0785. The van der Waals surface area contributed by atoms with Crippen molar-refractivity contribution in [2.75, 3.05) is 40.0 Å². The molecule has 2 saturated heterocycles. The molecule has 0 bridgehead atoms. The predicted molar refractivity (Wildman–Crippen MR) is 76.7 cm³/mol. The molecule has 5 nitrogen and oxygen atoms in total. The van der Waals surface area contributed by atoms with Crippen molar-refractivity contribution in [1.29, 1.82) is 0 Å². The minimum atomic E-state index is -0.327. The first kappa shape index (κ1) is 14.7. The third kappa shape index (κ3) is 2.62. The summed E-state index contributed by atoms with van der Waals surface area (Å²) in [4.78, 5) is 2.60. The Labute approximate surface area is 121 Å². The third-order valence-electron chi connectivity index (χ3n) is 5.11. The molecule has 1 N–H and O–H groups in total. The zero-order valence-corrected chi connectivity index (χ0v) is 13.0. The molecule has 5 heteroatoms. The quantitative estimate of drug-likeness (QED) is 0.819. The number of hydrogen-bond acceptors (Lipinski definition) is 5. The van der Waals surface area contributed by atoms with Gasteiger partial charge < -0.3 is 19.5 Å². The third-order valence-corrected chi connectivity index (χ3v) is 5.11. The van der Waals surface area contributed by atoms with Gasteiger partial charge in [-0.05, 0) is 27.3 Å². The molecule has 1 saturated carbocycles. The van der Waals surface area contributed by atoms with E-state index in [1.807, 2.05) is 0 Å². The van der Waals surface area contributed by atoms with Crippen molar-refractivity contribution in [1.82, 2.24) is 10.2 Å². The molecule has 0 aromatic rings. The molecule has 2 aliphatic heterocycles. The predicted octanol–water partition coefficient (Wildman–Crippen LogP) is 0.981. The van der Waals surface area contributed by atoms with Crippen molar-refractivity contribution in [3.8, 4) is 0 Å². The first-order valence-electron chi connectivity index (χ1n) is 7.86. The molecule has 0 aromatic carbocycles. The molecule has 2 atom stereocenters. The summed E-state index contributed by atoms with van der Waals surface area (Å²) in [5, 5.41) is 3.50. The standard InChI is InChI=1S/C15H28N2O3/c1-14(2)11-18-7-6-17(14)13-10-15(19-8-9-20-15)5-4-12(13)16-3/h12-13,16H,4-11H2,1-3H3. The van der Waals surface area contributed by atoms with Gasteiger partial charge in [0.2, 0.25) is 0 Å². The highest BCUT2D eigenvalue weighted by Gasteiger charge is 2.49. The van der Waals surface area contributed by atoms with Gasteiger partial charge in [-0.25, -0.2) is 0 Å². The molecule has 2 heterocycles. The second-order valence-electron chi connectivity index (χ2n) is 6.87. The number of nitrogens with one attached hydrogen (secondary N) is 1. The van der Waals surface area contributed by atoms with Crippen molar-refractivity contribution in [2.45, 2.75) is 56.5 Å². The molecule has 0 aromatic heterocycles. The van der Waals surface area contributed by atoms with Crippen molar-refractivity contribution in [3.63, 3.8) is 0 Å². The fourth-order valence-electron chi connectivity index (χ4n) is 4.04. The number of likely N-dealkylation sites (N-methyl/N-ethyl adjacent to an activating group) is 1. The normalized spacial score (nSPS) is 37.4. The van der Waals surface area contributed by atoms with E-state index in [0.717, 1.165) is 52.2 Å². The fraction of sp³-hybridized carbons (Fsp3) is 1.00. The average Bonchev–Trinajstić information content (AvgIpc) is 2.86. The van der Waals surface area contributed by atoms with E-state index in [4.69, 9.17) is 14.2 Å². The van der Waals surface area contributed by atoms with Crippen LogP contribution in [0.1, 0.15) is 33.1 Å². The van der Waals surface area contributed by atoms with E-state index in [2.05, 4.69) is 31.1 Å². The van der Waals surface area contributed by atoms with Crippen LogP contribution >= 0.6 is 0 Å². The van der Waals surface area contributed by atoms with Gasteiger partial charge in [-0.1, -0.05) is 0 Å². The van der Waals surface area contributed by atoms with Crippen molar-refractivity contribution < 1.29 is 14.2 Å². The highest BCUT2D eigenvalue weighted by molar-refractivity contribution is 5.00. The molecule has 1 aliphatic carbocycles. The van der Waals surface area contributed by atoms with Crippen molar-refractivity contribution >= 4 is 0 Å². The van der Waals surface area contributed by atoms with Crippen LogP contribution in [0.25, 0.3) is 0 Å². The number of ether oxygens (including phenoxy) is 3. The fourth-order valence-corrected chi connectivity index (χ4v) is 4.04. The maximum Gasteiger partial charge on any atom is 0.170 e. The van der Waals surface area contributed by atoms with E-state index < -0.39 is 0 Å². The Bertz CT molecular complexity index is 342. The van der Waals surface area contributed by atoms with E-state index in [-0.39, 0.29) is 11.3 Å². The van der Waals surface area contributed by atoms with Gasteiger partial charge in [0.15, 0.2) is 5.79 Å². The van der Waals surface area contributed by atoms with Gasteiger partial charge in [-0.2, -0.15) is 0 Å². The Morgan fingerprint density at radius 3 is 2.55 bits per heavy atom. The second kappa shape index (κ2) is 5.54. The minimum Gasteiger partial charge on any atom is -0.378 e. The van der Waals surface area contributed by atoms with E-state index in [0.29, 0.717) is 12.1 Å². The largest absolute Gasteiger partial charge is 0.378 e. The first-order valence-corrected chi connectivity index (χ1v) is 7.86. The van der Waals surface area contributed by atoms with Gasteiger partial charge in [0.25, 0.3) is 0 Å². The Balaban J connectivity index is 1.79. The summed E-state index contributed by atoms with van der Waals surface area (Å²) in [6, 6.07) is 0.955. The van der Waals surface area contributed by atoms with E-state index in [9.17, 15) is 0 Å². The van der Waals surface area contributed by atoms with Crippen LogP contribution in [0.5, 0.6) is 0 Å². The zero-order chi connectivity index (χ0) is 14.2. The summed E-state index contributed by atoms with van der Waals surface area (Å²) < 4.78 is 17.6. The average molecular weight is 284 g/mol. The van der Waals surface area contributed by atoms with Crippen LogP contribution in [0.4, 0.5) is 0 Å². The van der Waals surface area contributed by atoms with Gasteiger partial charge in [0.1, 0.15) is 0 Å². The molecule has 0 radical (unpaired) electrons. The summed E-state index contributed by atoms with van der Waals surface area (Å²) in [5.74, 6) is -0.327. The first-order chi connectivity index (χ1) is 9.56. The summed E-state index contributed by atoms with van der Waals surface area (Å²) in [6.07, 6.45) is 3.07. The lowest BCUT2D eigenvalue weighted by atomic mass is 9.82. The topological polar surface area (TPSA) is 43.0 Å². The number of morpholine rings is 1. The van der Waals surface area contributed by atoms with Crippen LogP contribution < -0.4 is 5.32 Å². The van der Waals surface area contributed by atoms with Crippen LogP contribution in [0.3, 0.4) is 0 Å². The zero-order valence-electron chi connectivity index (χ0n) is 13.0. The molecule has 116 valence electrons. The van der Waals surface area contributed by atoms with Gasteiger partial charge in [0.05, 0.1) is 26.4 Å². The Kier molecular flexibility index (Phi) is 4.08. The van der Waals surface area contributed by atoms with Crippen LogP contribution in [0.2, 0.25) is 0 Å². The molecule has 3 fully saturated rings. The van der Waals surface area contributed by atoms with Gasteiger partial charge >= 0.3 is 0 Å². The lowest BCUT2D eigenvalue weighted by molar-refractivity contribution is -0.204. The highest BCUT2D eigenvalue weighted by atomic mass is 16.7. The van der Waals surface area contributed by atoms with Gasteiger partial charge in [-0.3, -0.25) is 4.90 Å². The maximum atomic E-state index is 5.96. The second-order valence-corrected chi connectivity index (χ2v) is 6.87. The highest BCUT2D eigenvalue weighted by Crippen LogP contribution is 2.40. The summed E-state index contributed by atoms with van der Waals surface area (Å²) in [7, 11) is 2.07. The molecular formula is C15H28N2O3. The monoisotopic (exact) mass is 284 g/mol.